The first kappa shape index (κ1) is 22.7. The van der Waals surface area contributed by atoms with Crippen LogP contribution in [0.5, 0.6) is 5.88 Å². The first-order chi connectivity index (χ1) is 15.9. The molecule has 0 fully saturated rings. The lowest BCUT2D eigenvalue weighted by Gasteiger charge is -2.33. The van der Waals surface area contributed by atoms with Crippen LogP contribution in [-0.2, 0) is 10.2 Å². The van der Waals surface area contributed by atoms with E-state index in [-0.39, 0.29) is 18.1 Å². The van der Waals surface area contributed by atoms with Crippen molar-refractivity contribution in [3.8, 4) is 5.88 Å². The largest absolute Gasteiger partial charge is 0.481 e. The Morgan fingerprint density at radius 2 is 1.97 bits per heavy atom. The van der Waals surface area contributed by atoms with Gasteiger partial charge in [-0.05, 0) is 36.5 Å². The van der Waals surface area contributed by atoms with Gasteiger partial charge in [-0.2, -0.15) is 4.98 Å². The second kappa shape index (κ2) is 9.58. The van der Waals surface area contributed by atoms with E-state index in [0.29, 0.717) is 19.0 Å². The molecule has 3 aromatic rings. The van der Waals surface area contributed by atoms with Gasteiger partial charge >= 0.3 is 5.97 Å². The second-order valence-electron chi connectivity index (χ2n) is 9.03. The molecule has 2 heterocycles. The fourth-order valence-corrected chi connectivity index (χ4v) is 4.02. The van der Waals surface area contributed by atoms with Crippen molar-refractivity contribution >= 4 is 11.7 Å². The summed E-state index contributed by atoms with van der Waals surface area (Å²) in [4.78, 5) is 20.0. The number of aliphatic carboxylic acids is 1. The molecule has 1 unspecified atom stereocenters. The Kier molecular flexibility index (Phi) is 6.60. The Labute approximate surface area is 194 Å². The molecule has 33 heavy (non-hydrogen) atoms. The predicted octanol–water partition coefficient (Wildman–Crippen LogP) is 4.15. The number of fused-ring (bicyclic) bond motifs is 1. The van der Waals surface area contributed by atoms with E-state index in [2.05, 4.69) is 45.7 Å². The molecule has 172 valence electrons. The van der Waals surface area contributed by atoms with Gasteiger partial charge in [0.2, 0.25) is 5.88 Å². The van der Waals surface area contributed by atoms with E-state index in [1.807, 2.05) is 36.4 Å². The molecular weight excluding hydrogens is 416 g/mol. The first-order valence-electron chi connectivity index (χ1n) is 11.2. The van der Waals surface area contributed by atoms with Gasteiger partial charge in [0.05, 0.1) is 24.2 Å². The van der Waals surface area contributed by atoms with Gasteiger partial charge in [-0.3, -0.25) is 4.79 Å². The van der Waals surface area contributed by atoms with Crippen LogP contribution in [0.15, 0.2) is 67.1 Å². The van der Waals surface area contributed by atoms with Crippen LogP contribution in [-0.4, -0.2) is 40.2 Å². The monoisotopic (exact) mass is 446 g/mol. The number of nitrogens with zero attached hydrogens (tertiary/aromatic N) is 2. The smallest absolute Gasteiger partial charge is 0.313 e. The zero-order valence-electron chi connectivity index (χ0n) is 19.2. The molecule has 0 radical (unpaired) electrons. The summed E-state index contributed by atoms with van der Waals surface area (Å²) in [6, 6.07) is 18.1. The van der Waals surface area contributed by atoms with Gasteiger partial charge in [0.15, 0.2) is 0 Å². The average molecular weight is 447 g/mol. The Morgan fingerprint density at radius 3 is 2.73 bits per heavy atom. The molecular formula is C26H30N4O3. The quantitative estimate of drug-likeness (QED) is 0.478. The van der Waals surface area contributed by atoms with Crippen LogP contribution in [0.4, 0.5) is 5.69 Å². The number of hydrogen-bond acceptors (Lipinski definition) is 6. The molecule has 3 N–H and O–H groups in total. The topological polar surface area (TPSA) is 96.4 Å². The standard InChI is InChI=1S/C26H30N4O3/c1-17(19-10-7-11-20(12-19)26(2,3)25(31)32)13-29-23(18-8-5-4-6-9-18)22-15-28-21-14-27-16-30-24(21)33-22/h4-12,14,16-17,22-23,28-29H,13,15H2,1-3H3,(H,31,32)/t17?,22-,23-/m1/s1. The molecule has 1 aliphatic rings. The molecule has 0 amide bonds. The van der Waals surface area contributed by atoms with Gasteiger partial charge in [-0.15, -0.1) is 0 Å². The van der Waals surface area contributed by atoms with Gasteiger partial charge < -0.3 is 20.5 Å². The summed E-state index contributed by atoms with van der Waals surface area (Å²) in [6.07, 6.45) is 3.05. The van der Waals surface area contributed by atoms with Crippen molar-refractivity contribution in [2.45, 2.75) is 44.2 Å². The molecule has 0 saturated heterocycles. The van der Waals surface area contributed by atoms with Crippen LogP contribution >= 0.6 is 0 Å². The van der Waals surface area contributed by atoms with Gasteiger partial charge in [0.25, 0.3) is 0 Å². The summed E-state index contributed by atoms with van der Waals surface area (Å²) in [6.45, 7) is 6.94. The zero-order chi connectivity index (χ0) is 23.4. The number of anilines is 1. The lowest BCUT2D eigenvalue weighted by Crippen LogP contribution is -2.43. The number of carboxylic acid groups (broad SMARTS) is 1. The van der Waals surface area contributed by atoms with Crippen molar-refractivity contribution in [3.63, 3.8) is 0 Å². The van der Waals surface area contributed by atoms with E-state index < -0.39 is 11.4 Å². The zero-order valence-corrected chi connectivity index (χ0v) is 19.2. The predicted molar refractivity (Wildman–Crippen MR) is 128 cm³/mol. The maximum Gasteiger partial charge on any atom is 0.313 e. The Balaban J connectivity index is 1.52. The Bertz CT molecular complexity index is 1100. The molecule has 7 nitrogen and oxygen atoms in total. The number of nitrogens with one attached hydrogen (secondary N) is 2. The Morgan fingerprint density at radius 1 is 1.21 bits per heavy atom. The van der Waals surface area contributed by atoms with E-state index in [9.17, 15) is 9.90 Å². The van der Waals surface area contributed by atoms with Crippen molar-refractivity contribution in [1.29, 1.82) is 0 Å². The maximum absolute atomic E-state index is 11.7. The van der Waals surface area contributed by atoms with Crippen LogP contribution in [0.2, 0.25) is 0 Å². The first-order valence-corrected chi connectivity index (χ1v) is 11.2. The van der Waals surface area contributed by atoms with Gasteiger partial charge in [0.1, 0.15) is 18.1 Å². The van der Waals surface area contributed by atoms with Gasteiger partial charge in [0, 0.05) is 6.54 Å². The minimum Gasteiger partial charge on any atom is -0.481 e. The summed E-state index contributed by atoms with van der Waals surface area (Å²) in [7, 11) is 0. The van der Waals surface area contributed by atoms with Crippen molar-refractivity contribution < 1.29 is 14.6 Å². The van der Waals surface area contributed by atoms with Crippen molar-refractivity contribution in [3.05, 3.63) is 83.8 Å². The third kappa shape index (κ3) is 4.98. The molecule has 0 spiro atoms. The number of ether oxygens (including phenoxy) is 1. The number of carboxylic acids is 1. The number of benzene rings is 2. The maximum atomic E-state index is 11.7. The number of aromatic nitrogens is 2. The third-order valence-electron chi connectivity index (χ3n) is 6.32. The number of carbonyl (C=O) groups is 1. The van der Waals surface area contributed by atoms with Gasteiger partial charge in [-0.25, -0.2) is 4.98 Å². The lowest BCUT2D eigenvalue weighted by atomic mass is 9.83. The molecule has 0 aliphatic carbocycles. The molecule has 3 atom stereocenters. The van der Waals surface area contributed by atoms with Crippen LogP contribution in [0.3, 0.4) is 0 Å². The van der Waals surface area contributed by atoms with Crippen molar-refractivity contribution in [2.75, 3.05) is 18.4 Å². The molecule has 0 saturated carbocycles. The Hall–Kier alpha value is -3.45. The number of hydrogen-bond donors (Lipinski definition) is 3. The number of rotatable bonds is 8. The van der Waals surface area contributed by atoms with E-state index in [0.717, 1.165) is 22.4 Å². The molecule has 1 aliphatic heterocycles. The summed E-state index contributed by atoms with van der Waals surface area (Å²) >= 11 is 0. The molecule has 1 aromatic heterocycles. The van der Waals surface area contributed by atoms with Crippen LogP contribution in [0.25, 0.3) is 0 Å². The van der Waals surface area contributed by atoms with Gasteiger partial charge in [-0.1, -0.05) is 61.5 Å². The van der Waals surface area contributed by atoms with Crippen LogP contribution in [0.1, 0.15) is 49.4 Å². The average Bonchev–Trinajstić information content (AvgIpc) is 2.84. The highest BCUT2D eigenvalue weighted by molar-refractivity contribution is 5.80. The summed E-state index contributed by atoms with van der Waals surface area (Å²) in [5.41, 5.74) is 2.89. The summed E-state index contributed by atoms with van der Waals surface area (Å²) in [5, 5.41) is 16.7. The normalized spacial score (nSPS) is 17.2. The lowest BCUT2D eigenvalue weighted by molar-refractivity contribution is -0.142. The van der Waals surface area contributed by atoms with Crippen molar-refractivity contribution in [2.24, 2.45) is 0 Å². The fourth-order valence-electron chi connectivity index (χ4n) is 4.02. The molecule has 0 bridgehead atoms. The highest BCUT2D eigenvalue weighted by atomic mass is 16.5. The third-order valence-corrected chi connectivity index (χ3v) is 6.32. The minimum absolute atomic E-state index is 0.0529. The highest BCUT2D eigenvalue weighted by Crippen LogP contribution is 2.31. The van der Waals surface area contributed by atoms with Crippen LogP contribution < -0.4 is 15.4 Å². The molecule has 2 aromatic carbocycles. The SMILES string of the molecule is CC(CN[C@H](c1ccccc1)[C@H]1CNc2cncnc2O1)c1cccc(C(C)(C)C(=O)O)c1. The van der Waals surface area contributed by atoms with E-state index in [4.69, 9.17) is 4.74 Å². The minimum atomic E-state index is -0.938. The molecule has 7 heteroatoms. The van der Waals surface area contributed by atoms with E-state index in [1.54, 1.807) is 20.0 Å². The second-order valence-corrected chi connectivity index (χ2v) is 9.03. The van der Waals surface area contributed by atoms with Crippen LogP contribution in [0, 0.1) is 0 Å². The summed E-state index contributed by atoms with van der Waals surface area (Å²) < 4.78 is 6.24. The fraction of sp³-hybridized carbons (Fsp3) is 0.346. The highest BCUT2D eigenvalue weighted by Gasteiger charge is 2.31. The summed E-state index contributed by atoms with van der Waals surface area (Å²) in [5.74, 6) is -0.104. The van der Waals surface area contributed by atoms with Crippen molar-refractivity contribution in [1.82, 2.24) is 15.3 Å². The molecule has 4 rings (SSSR count). The van der Waals surface area contributed by atoms with E-state index in [1.165, 1.54) is 6.33 Å². The van der Waals surface area contributed by atoms with E-state index >= 15 is 0 Å².